The molecule has 17 heavy (non-hydrogen) atoms. The Morgan fingerprint density at radius 1 is 1.41 bits per heavy atom. The molecule has 2 heteroatoms. The molecule has 2 saturated carbocycles. The highest BCUT2D eigenvalue weighted by atomic mass is 19.1. The van der Waals surface area contributed by atoms with Crippen LogP contribution in [0.2, 0.25) is 0 Å². The Morgan fingerprint density at radius 3 is 2.65 bits per heavy atom. The smallest absolute Gasteiger partial charge is 0.108 e. The largest absolute Gasteiger partial charge is 0.296 e. The Morgan fingerprint density at radius 2 is 2.12 bits per heavy atom. The third-order valence-electron chi connectivity index (χ3n) is 5.86. The molecule has 2 aliphatic carbocycles. The van der Waals surface area contributed by atoms with E-state index < -0.39 is 12.5 Å². The third kappa shape index (κ3) is 1.18. The second-order valence-corrected chi connectivity index (χ2v) is 7.32. The Labute approximate surface area is 107 Å². The zero-order valence-electron chi connectivity index (χ0n) is 12.9. The molecular weight excluding hydrogens is 213 g/mol. The second kappa shape index (κ2) is 2.89. The van der Waals surface area contributed by atoms with Gasteiger partial charge in [-0.2, -0.15) is 0 Å². The molecule has 3 atom stereocenters. The molecule has 0 unspecified atom stereocenters. The standard InChI is InChI=1S/C15H24FN/c1-11(2)7-15-9-13(8-12(13)16)10-17(15)6-5-14(15)3-4-14/h11-12H,3-10H2,1-2H3/t12-,13+,15+/m0/s1/i7D2. The highest BCUT2D eigenvalue weighted by Gasteiger charge is 2.74. The molecule has 96 valence electrons. The summed E-state index contributed by atoms with van der Waals surface area (Å²) in [6.45, 7) is 5.78. The minimum Gasteiger partial charge on any atom is -0.296 e. The molecule has 1 nitrogen and oxygen atoms in total. The molecular formula is C15H24FN. The van der Waals surface area contributed by atoms with E-state index in [9.17, 15) is 4.39 Å². The molecule has 0 bridgehead atoms. The summed E-state index contributed by atoms with van der Waals surface area (Å²) in [6.07, 6.45) is 3.01. The zero-order valence-corrected chi connectivity index (χ0v) is 10.9. The maximum Gasteiger partial charge on any atom is 0.108 e. The summed E-state index contributed by atoms with van der Waals surface area (Å²) < 4.78 is 31.4. The molecule has 0 radical (unpaired) electrons. The Hall–Kier alpha value is -0.110. The molecule has 0 amide bonds. The average molecular weight is 239 g/mol. The van der Waals surface area contributed by atoms with Crippen LogP contribution in [0.25, 0.3) is 0 Å². The lowest BCUT2D eigenvalue weighted by molar-refractivity contribution is 0.107. The quantitative estimate of drug-likeness (QED) is 0.714. The van der Waals surface area contributed by atoms with E-state index in [4.69, 9.17) is 2.74 Å². The van der Waals surface area contributed by atoms with Crippen LogP contribution >= 0.6 is 0 Å². The van der Waals surface area contributed by atoms with Crippen LogP contribution in [-0.4, -0.2) is 29.7 Å². The highest BCUT2D eigenvalue weighted by molar-refractivity contribution is 5.27. The van der Waals surface area contributed by atoms with Crippen molar-refractivity contribution in [1.82, 2.24) is 4.90 Å². The minimum atomic E-state index is -1.20. The van der Waals surface area contributed by atoms with Crippen molar-refractivity contribution < 1.29 is 7.13 Å². The van der Waals surface area contributed by atoms with Gasteiger partial charge in [-0.1, -0.05) is 13.8 Å². The second-order valence-electron chi connectivity index (χ2n) is 7.32. The van der Waals surface area contributed by atoms with Gasteiger partial charge in [0.1, 0.15) is 6.17 Å². The lowest BCUT2D eigenvalue weighted by atomic mass is 9.72. The lowest BCUT2D eigenvalue weighted by Gasteiger charge is -2.39. The lowest BCUT2D eigenvalue weighted by Crippen LogP contribution is -2.45. The summed E-state index contributed by atoms with van der Waals surface area (Å²) in [5.41, 5.74) is -0.375. The van der Waals surface area contributed by atoms with Gasteiger partial charge in [0, 0.05) is 20.2 Å². The normalized spacial score (nSPS) is 53.1. The van der Waals surface area contributed by atoms with E-state index in [-0.39, 0.29) is 22.3 Å². The van der Waals surface area contributed by atoms with E-state index in [1.807, 2.05) is 13.8 Å². The van der Waals surface area contributed by atoms with Gasteiger partial charge in [-0.3, -0.25) is 4.90 Å². The number of hydrogen-bond acceptors (Lipinski definition) is 1. The monoisotopic (exact) mass is 239 g/mol. The van der Waals surface area contributed by atoms with E-state index in [1.54, 1.807) is 0 Å². The number of rotatable bonds is 2. The molecule has 4 fully saturated rings. The SMILES string of the molecule is [2H]C([2H])(C(C)C)[C@]12C[C@]3(C[C@@H]3F)CN1CCC21CC1. The maximum absolute atomic E-state index is 13.9. The van der Waals surface area contributed by atoms with Gasteiger partial charge < -0.3 is 0 Å². The van der Waals surface area contributed by atoms with Crippen molar-refractivity contribution in [2.24, 2.45) is 16.7 Å². The highest BCUT2D eigenvalue weighted by Crippen LogP contribution is 2.73. The number of halogens is 1. The molecule has 4 aliphatic rings. The first kappa shape index (κ1) is 8.90. The fraction of sp³-hybridized carbons (Fsp3) is 1.00. The maximum atomic E-state index is 13.9. The predicted octanol–water partition coefficient (Wildman–Crippen LogP) is 3.39. The van der Waals surface area contributed by atoms with Crippen LogP contribution in [-0.2, 0) is 0 Å². The van der Waals surface area contributed by atoms with Crippen LogP contribution in [0, 0.1) is 16.7 Å². The summed E-state index contributed by atoms with van der Waals surface area (Å²) in [6, 6.07) is 0. The van der Waals surface area contributed by atoms with Crippen LogP contribution in [0.3, 0.4) is 0 Å². The third-order valence-corrected chi connectivity index (χ3v) is 5.86. The van der Waals surface area contributed by atoms with Crippen LogP contribution in [0.4, 0.5) is 4.39 Å². The van der Waals surface area contributed by atoms with Crippen molar-refractivity contribution in [2.45, 2.75) is 64.0 Å². The van der Waals surface area contributed by atoms with E-state index in [2.05, 4.69) is 4.90 Å². The van der Waals surface area contributed by atoms with Crippen molar-refractivity contribution in [3.05, 3.63) is 0 Å². The summed E-state index contributed by atoms with van der Waals surface area (Å²) >= 11 is 0. The van der Waals surface area contributed by atoms with E-state index in [1.165, 1.54) is 0 Å². The van der Waals surface area contributed by atoms with Crippen molar-refractivity contribution in [3.63, 3.8) is 0 Å². The summed E-state index contributed by atoms with van der Waals surface area (Å²) in [5, 5.41) is 0. The van der Waals surface area contributed by atoms with Crippen molar-refractivity contribution in [2.75, 3.05) is 13.1 Å². The van der Waals surface area contributed by atoms with Gasteiger partial charge >= 0.3 is 0 Å². The number of fused-ring (bicyclic) bond motifs is 2. The van der Waals surface area contributed by atoms with Gasteiger partial charge in [0.05, 0.1) is 0 Å². The van der Waals surface area contributed by atoms with Crippen LogP contribution in [0.15, 0.2) is 0 Å². The molecule has 0 aromatic heterocycles. The topological polar surface area (TPSA) is 3.24 Å². The first-order valence-electron chi connectivity index (χ1n) is 8.19. The first-order valence-corrected chi connectivity index (χ1v) is 7.19. The van der Waals surface area contributed by atoms with Crippen molar-refractivity contribution in [1.29, 1.82) is 0 Å². The molecule has 2 saturated heterocycles. The van der Waals surface area contributed by atoms with Gasteiger partial charge in [0.2, 0.25) is 0 Å². The van der Waals surface area contributed by atoms with Gasteiger partial charge in [-0.25, -0.2) is 4.39 Å². The fourth-order valence-corrected chi connectivity index (χ4v) is 4.77. The molecule has 0 N–H and O–H groups in total. The predicted molar refractivity (Wildman–Crippen MR) is 66.6 cm³/mol. The number of alkyl halides is 1. The molecule has 0 aromatic rings. The number of hydrogen-bond donors (Lipinski definition) is 0. The molecule has 0 aromatic carbocycles. The molecule has 2 heterocycles. The van der Waals surface area contributed by atoms with Gasteiger partial charge in [0.25, 0.3) is 0 Å². The van der Waals surface area contributed by atoms with Crippen LogP contribution in [0.5, 0.6) is 0 Å². The van der Waals surface area contributed by atoms with Gasteiger partial charge in [-0.15, -0.1) is 0 Å². The van der Waals surface area contributed by atoms with Crippen molar-refractivity contribution >= 4 is 0 Å². The average Bonchev–Trinajstić information content (AvgIpc) is 3.14. The Balaban J connectivity index is 1.80. The van der Waals surface area contributed by atoms with Gasteiger partial charge in [0.15, 0.2) is 0 Å². The summed E-state index contributed by atoms with van der Waals surface area (Å²) in [7, 11) is 0. The van der Waals surface area contributed by atoms with E-state index in [0.29, 0.717) is 6.42 Å². The van der Waals surface area contributed by atoms with E-state index >= 15 is 0 Å². The Kier molecular flexibility index (Phi) is 1.52. The minimum absolute atomic E-state index is 0.00228. The van der Waals surface area contributed by atoms with Crippen molar-refractivity contribution in [3.8, 4) is 0 Å². The molecule has 2 spiro atoms. The van der Waals surface area contributed by atoms with E-state index in [0.717, 1.165) is 38.8 Å². The number of nitrogens with zero attached hydrogens (tertiary/aromatic N) is 1. The zero-order chi connectivity index (χ0) is 13.7. The molecule has 4 rings (SSSR count). The van der Waals surface area contributed by atoms with Crippen LogP contribution < -0.4 is 0 Å². The molecule has 2 aliphatic heterocycles. The fourth-order valence-electron chi connectivity index (χ4n) is 4.77. The first-order chi connectivity index (χ1) is 8.80. The van der Waals surface area contributed by atoms with Gasteiger partial charge in [-0.05, 0) is 56.4 Å². The summed E-state index contributed by atoms with van der Waals surface area (Å²) in [5.74, 6) is -0.00228. The Bertz CT molecular complexity index is 434. The van der Waals surface area contributed by atoms with Crippen LogP contribution in [0.1, 0.15) is 55.1 Å². The summed E-state index contributed by atoms with van der Waals surface area (Å²) in [4.78, 5) is 2.36.